The first kappa shape index (κ1) is 15.5. The molecule has 2 rings (SSSR count). The zero-order chi connectivity index (χ0) is 13.8. The van der Waals surface area contributed by atoms with E-state index in [1.807, 2.05) is 6.07 Å². The number of unbranched alkanes of at least 4 members (excludes halogenated alkanes) is 1. The number of hydrogen-bond acceptors (Lipinski definition) is 2. The maximum atomic E-state index is 12.4. The monoisotopic (exact) mass is 362 g/mol. The van der Waals surface area contributed by atoms with Gasteiger partial charge in [-0.2, -0.15) is 0 Å². The van der Waals surface area contributed by atoms with E-state index in [0.717, 1.165) is 27.4 Å². The lowest BCUT2D eigenvalue weighted by Gasteiger charge is -2.27. The van der Waals surface area contributed by atoms with Crippen LogP contribution in [-0.2, 0) is 0 Å². The molecule has 0 radical (unpaired) electrons. The predicted molar refractivity (Wildman–Crippen MR) is 86.3 cm³/mol. The van der Waals surface area contributed by atoms with Crippen molar-refractivity contribution < 1.29 is 4.79 Å². The SMILES string of the molecule is CCCCC1CCC(C(=O)c2cc(Cl)c(Br)s2)CC1. The second kappa shape index (κ2) is 7.24. The lowest BCUT2D eigenvalue weighted by molar-refractivity contribution is 0.0873. The van der Waals surface area contributed by atoms with Gasteiger partial charge in [-0.25, -0.2) is 0 Å². The highest BCUT2D eigenvalue weighted by Crippen LogP contribution is 2.37. The van der Waals surface area contributed by atoms with Gasteiger partial charge >= 0.3 is 0 Å². The molecule has 1 fully saturated rings. The van der Waals surface area contributed by atoms with Gasteiger partial charge in [-0.3, -0.25) is 4.79 Å². The third-order valence-corrected chi connectivity index (χ3v) is 6.56. The fraction of sp³-hybridized carbons (Fsp3) is 0.667. The van der Waals surface area contributed by atoms with Crippen molar-refractivity contribution in [3.05, 3.63) is 19.8 Å². The van der Waals surface area contributed by atoms with Crippen LogP contribution in [0.1, 0.15) is 61.5 Å². The van der Waals surface area contributed by atoms with E-state index in [4.69, 9.17) is 11.6 Å². The molecule has 0 unspecified atom stereocenters. The largest absolute Gasteiger partial charge is 0.293 e. The van der Waals surface area contributed by atoms with Gasteiger partial charge in [0.15, 0.2) is 5.78 Å². The summed E-state index contributed by atoms with van der Waals surface area (Å²) >= 11 is 10.9. The minimum atomic E-state index is 0.222. The Morgan fingerprint density at radius 1 is 1.42 bits per heavy atom. The maximum absolute atomic E-state index is 12.4. The van der Waals surface area contributed by atoms with Crippen LogP contribution in [0, 0.1) is 11.8 Å². The molecule has 1 saturated carbocycles. The maximum Gasteiger partial charge on any atom is 0.175 e. The molecule has 0 aromatic carbocycles. The zero-order valence-corrected chi connectivity index (χ0v) is 14.4. The predicted octanol–water partition coefficient (Wildman–Crippen LogP) is 6.34. The highest BCUT2D eigenvalue weighted by molar-refractivity contribution is 9.11. The Balaban J connectivity index is 1.89. The Morgan fingerprint density at radius 3 is 2.63 bits per heavy atom. The molecule has 1 aromatic rings. The summed E-state index contributed by atoms with van der Waals surface area (Å²) < 4.78 is 0.870. The van der Waals surface area contributed by atoms with Gasteiger partial charge in [0.2, 0.25) is 0 Å². The van der Waals surface area contributed by atoms with Gasteiger partial charge in [0.05, 0.1) is 13.7 Å². The van der Waals surface area contributed by atoms with Crippen molar-refractivity contribution in [2.24, 2.45) is 11.8 Å². The van der Waals surface area contributed by atoms with Gasteiger partial charge in [0.25, 0.3) is 0 Å². The summed E-state index contributed by atoms with van der Waals surface area (Å²) in [7, 11) is 0. The first-order valence-electron chi connectivity index (χ1n) is 7.10. The van der Waals surface area contributed by atoms with Crippen LogP contribution >= 0.6 is 38.9 Å². The quantitative estimate of drug-likeness (QED) is 0.557. The number of carbonyl (C=O) groups excluding carboxylic acids is 1. The summed E-state index contributed by atoms with van der Waals surface area (Å²) in [5.41, 5.74) is 0. The van der Waals surface area contributed by atoms with Crippen LogP contribution in [0.3, 0.4) is 0 Å². The van der Waals surface area contributed by atoms with Crippen LogP contribution in [0.15, 0.2) is 9.85 Å². The molecule has 106 valence electrons. The van der Waals surface area contributed by atoms with Gasteiger partial charge in [-0.15, -0.1) is 11.3 Å². The minimum Gasteiger partial charge on any atom is -0.293 e. The number of thiophene rings is 1. The van der Waals surface area contributed by atoms with Gasteiger partial charge in [-0.1, -0.05) is 37.8 Å². The third kappa shape index (κ3) is 4.05. The molecule has 4 heteroatoms. The number of rotatable bonds is 5. The van der Waals surface area contributed by atoms with E-state index in [2.05, 4.69) is 22.9 Å². The summed E-state index contributed by atoms with van der Waals surface area (Å²) in [6.45, 7) is 2.24. The van der Waals surface area contributed by atoms with Crippen LogP contribution < -0.4 is 0 Å². The lowest BCUT2D eigenvalue weighted by Crippen LogP contribution is -2.21. The topological polar surface area (TPSA) is 17.1 Å². The molecular weight excluding hydrogens is 344 g/mol. The Bertz CT molecular complexity index is 416. The van der Waals surface area contributed by atoms with Crippen LogP contribution in [0.25, 0.3) is 0 Å². The van der Waals surface area contributed by atoms with Crippen LogP contribution in [0.5, 0.6) is 0 Å². The van der Waals surface area contributed by atoms with E-state index < -0.39 is 0 Å². The summed E-state index contributed by atoms with van der Waals surface area (Å²) in [5.74, 6) is 1.37. The van der Waals surface area contributed by atoms with Crippen molar-refractivity contribution in [3.63, 3.8) is 0 Å². The van der Waals surface area contributed by atoms with Gasteiger partial charge in [-0.05, 0) is 53.6 Å². The molecule has 1 aliphatic rings. The molecule has 0 aliphatic heterocycles. The zero-order valence-electron chi connectivity index (χ0n) is 11.3. The second-order valence-electron chi connectivity index (χ2n) is 5.46. The Morgan fingerprint density at radius 2 is 2.11 bits per heavy atom. The highest BCUT2D eigenvalue weighted by Gasteiger charge is 2.27. The van der Waals surface area contributed by atoms with Gasteiger partial charge < -0.3 is 0 Å². The average molecular weight is 364 g/mol. The summed E-state index contributed by atoms with van der Waals surface area (Å²) in [4.78, 5) is 13.2. The molecule has 0 saturated heterocycles. The normalized spacial score (nSPS) is 23.5. The van der Waals surface area contributed by atoms with Crippen LogP contribution in [0.2, 0.25) is 5.02 Å². The van der Waals surface area contributed by atoms with E-state index in [9.17, 15) is 4.79 Å². The number of hydrogen-bond donors (Lipinski definition) is 0. The third-order valence-electron chi connectivity index (χ3n) is 4.07. The number of Topliss-reactive ketones (excluding diaryl/α,β-unsaturated/α-hetero) is 1. The van der Waals surface area contributed by atoms with Gasteiger partial charge in [0.1, 0.15) is 0 Å². The molecule has 1 aromatic heterocycles. The second-order valence-corrected chi connectivity index (χ2v) is 8.23. The lowest BCUT2D eigenvalue weighted by atomic mass is 9.78. The van der Waals surface area contributed by atoms with Crippen molar-refractivity contribution in [1.82, 2.24) is 0 Å². The molecular formula is C15H20BrClOS. The summed E-state index contributed by atoms with van der Waals surface area (Å²) in [6.07, 6.45) is 8.50. The molecule has 0 bridgehead atoms. The van der Waals surface area contributed by atoms with Crippen molar-refractivity contribution in [3.8, 4) is 0 Å². The number of carbonyl (C=O) groups is 1. The molecule has 0 N–H and O–H groups in total. The van der Waals surface area contributed by atoms with Crippen LogP contribution in [0.4, 0.5) is 0 Å². The molecule has 1 nitrogen and oxygen atoms in total. The van der Waals surface area contributed by atoms with Crippen LogP contribution in [-0.4, -0.2) is 5.78 Å². The fourth-order valence-electron chi connectivity index (χ4n) is 2.88. The molecule has 1 heterocycles. The van der Waals surface area contributed by atoms with Crippen molar-refractivity contribution in [1.29, 1.82) is 0 Å². The van der Waals surface area contributed by atoms with E-state index in [1.165, 1.54) is 43.4 Å². The molecule has 0 amide bonds. The first-order chi connectivity index (χ1) is 9.11. The van der Waals surface area contributed by atoms with Crippen molar-refractivity contribution in [2.45, 2.75) is 51.9 Å². The van der Waals surface area contributed by atoms with E-state index in [1.54, 1.807) is 0 Å². The van der Waals surface area contributed by atoms with Crippen molar-refractivity contribution >= 4 is 44.7 Å². The Kier molecular flexibility index (Phi) is 5.91. The minimum absolute atomic E-state index is 0.222. The smallest absolute Gasteiger partial charge is 0.175 e. The van der Waals surface area contributed by atoms with Gasteiger partial charge in [0, 0.05) is 5.92 Å². The molecule has 0 atom stereocenters. The van der Waals surface area contributed by atoms with E-state index in [0.29, 0.717) is 10.8 Å². The molecule has 0 spiro atoms. The standard InChI is InChI=1S/C15H20BrClOS/c1-2-3-4-10-5-7-11(8-6-10)14(18)13-9-12(17)15(16)19-13/h9-11H,2-8H2,1H3. The Hall–Kier alpha value is 0.140. The number of halogens is 2. The molecule has 19 heavy (non-hydrogen) atoms. The average Bonchev–Trinajstić information content (AvgIpc) is 2.76. The fourth-order valence-corrected chi connectivity index (χ4v) is 4.60. The summed E-state index contributed by atoms with van der Waals surface area (Å²) in [6, 6.07) is 1.81. The Labute approximate surface area is 132 Å². The molecule has 1 aliphatic carbocycles. The highest BCUT2D eigenvalue weighted by atomic mass is 79.9. The van der Waals surface area contributed by atoms with E-state index >= 15 is 0 Å². The number of ketones is 1. The first-order valence-corrected chi connectivity index (χ1v) is 9.09. The van der Waals surface area contributed by atoms with E-state index in [-0.39, 0.29) is 5.92 Å². The summed E-state index contributed by atoms with van der Waals surface area (Å²) in [5, 5.41) is 0.657. The van der Waals surface area contributed by atoms with Crippen molar-refractivity contribution in [2.75, 3.05) is 0 Å².